The molecule has 0 rings (SSSR count). The fourth-order valence-electron chi connectivity index (χ4n) is 0.683. The summed E-state index contributed by atoms with van der Waals surface area (Å²) >= 11 is 0. The fourth-order valence-corrected chi connectivity index (χ4v) is 0.683. The minimum atomic E-state index is -1.10. The molecule has 4 nitrogen and oxygen atoms in total. The SMILES string of the molecule is C=CCC(CC(=O)O)C(=O)O.[NaH]. The molecule has 12 heavy (non-hydrogen) atoms. The van der Waals surface area contributed by atoms with Gasteiger partial charge in [-0.2, -0.15) is 0 Å². The molecule has 1 atom stereocenters. The van der Waals surface area contributed by atoms with Gasteiger partial charge in [-0.25, -0.2) is 0 Å². The molecule has 0 aromatic carbocycles. The van der Waals surface area contributed by atoms with Gasteiger partial charge in [0.2, 0.25) is 0 Å². The molecule has 0 saturated carbocycles. The third-order valence-corrected chi connectivity index (χ3v) is 1.22. The zero-order valence-electron chi connectivity index (χ0n) is 5.99. The number of aliphatic carboxylic acids is 2. The van der Waals surface area contributed by atoms with Crippen LogP contribution in [0.5, 0.6) is 0 Å². The molecule has 0 radical (unpaired) electrons. The normalized spacial score (nSPS) is 11.0. The Morgan fingerprint density at radius 3 is 2.17 bits per heavy atom. The molecule has 0 fully saturated rings. The Kier molecular flexibility index (Phi) is 8.69. The maximum atomic E-state index is 10.3. The van der Waals surface area contributed by atoms with Crippen LogP contribution in [0.1, 0.15) is 12.8 Å². The second kappa shape index (κ2) is 7.34. The molecular formula is C7H11NaO4. The molecule has 0 aromatic rings. The van der Waals surface area contributed by atoms with Crippen molar-refractivity contribution in [2.24, 2.45) is 5.92 Å². The van der Waals surface area contributed by atoms with Crippen LogP contribution in [0.4, 0.5) is 0 Å². The van der Waals surface area contributed by atoms with Gasteiger partial charge in [0.1, 0.15) is 0 Å². The average Bonchev–Trinajstić information content (AvgIpc) is 1.86. The summed E-state index contributed by atoms with van der Waals surface area (Å²) in [5, 5.41) is 16.7. The third-order valence-electron chi connectivity index (χ3n) is 1.22. The molecule has 0 aliphatic rings. The predicted octanol–water partition coefficient (Wildman–Crippen LogP) is 0.0895. The number of carboxylic acid groups (broad SMARTS) is 2. The zero-order valence-corrected chi connectivity index (χ0v) is 5.99. The molecule has 1 unspecified atom stereocenters. The Bertz CT molecular complexity index is 178. The Labute approximate surface area is 92.6 Å². The van der Waals surface area contributed by atoms with E-state index in [1.807, 2.05) is 0 Å². The quantitative estimate of drug-likeness (QED) is 0.466. The summed E-state index contributed by atoms with van der Waals surface area (Å²) in [5.41, 5.74) is 0. The van der Waals surface area contributed by atoms with Gasteiger partial charge in [0.15, 0.2) is 0 Å². The van der Waals surface area contributed by atoms with Crippen molar-refractivity contribution < 1.29 is 19.8 Å². The Morgan fingerprint density at radius 1 is 1.42 bits per heavy atom. The van der Waals surface area contributed by atoms with E-state index < -0.39 is 17.9 Å². The first kappa shape index (κ1) is 14.2. The van der Waals surface area contributed by atoms with Crippen LogP contribution in [0.2, 0.25) is 0 Å². The van der Waals surface area contributed by atoms with Crippen LogP contribution >= 0.6 is 0 Å². The summed E-state index contributed by atoms with van der Waals surface area (Å²) in [5.74, 6) is -3.03. The Hall–Kier alpha value is -0.320. The summed E-state index contributed by atoms with van der Waals surface area (Å²) in [6, 6.07) is 0. The van der Waals surface area contributed by atoms with Gasteiger partial charge in [-0.05, 0) is 6.42 Å². The molecule has 0 aliphatic carbocycles. The van der Waals surface area contributed by atoms with E-state index in [4.69, 9.17) is 10.2 Å². The first-order valence-electron chi connectivity index (χ1n) is 3.13. The molecule has 0 aliphatic heterocycles. The molecule has 5 heteroatoms. The van der Waals surface area contributed by atoms with E-state index in [0.717, 1.165) is 0 Å². The van der Waals surface area contributed by atoms with Crippen molar-refractivity contribution in [1.29, 1.82) is 0 Å². The number of allylic oxidation sites excluding steroid dienone is 1. The molecular weight excluding hydrogens is 171 g/mol. The molecule has 0 heterocycles. The molecule has 0 amide bonds. The Balaban J connectivity index is 0. The van der Waals surface area contributed by atoms with Gasteiger partial charge in [-0.15, -0.1) is 6.58 Å². The van der Waals surface area contributed by atoms with Crippen LogP contribution in [-0.4, -0.2) is 51.7 Å². The van der Waals surface area contributed by atoms with Gasteiger partial charge in [0.25, 0.3) is 0 Å². The monoisotopic (exact) mass is 182 g/mol. The average molecular weight is 182 g/mol. The number of hydrogen-bond acceptors (Lipinski definition) is 2. The van der Waals surface area contributed by atoms with Gasteiger partial charge < -0.3 is 10.2 Å². The summed E-state index contributed by atoms with van der Waals surface area (Å²) in [6.45, 7) is 3.33. The second-order valence-corrected chi connectivity index (χ2v) is 2.16. The van der Waals surface area contributed by atoms with E-state index in [2.05, 4.69) is 6.58 Å². The molecule has 2 N–H and O–H groups in total. The molecule has 0 bridgehead atoms. The van der Waals surface area contributed by atoms with Crippen LogP contribution in [0.3, 0.4) is 0 Å². The third kappa shape index (κ3) is 6.39. The summed E-state index contributed by atoms with van der Waals surface area (Å²) in [6.07, 6.45) is 1.25. The second-order valence-electron chi connectivity index (χ2n) is 2.16. The fraction of sp³-hybridized carbons (Fsp3) is 0.429. The van der Waals surface area contributed by atoms with Crippen LogP contribution < -0.4 is 0 Å². The standard InChI is InChI=1S/C7H10O4.Na.H/c1-2-3-5(7(10)11)4-6(8)9;;/h2,5H,1,3-4H2,(H,8,9)(H,10,11);;. The van der Waals surface area contributed by atoms with Gasteiger partial charge in [-0.1, -0.05) is 6.08 Å². The van der Waals surface area contributed by atoms with E-state index in [1.54, 1.807) is 0 Å². The van der Waals surface area contributed by atoms with Gasteiger partial charge in [-0.3, -0.25) is 9.59 Å². The van der Waals surface area contributed by atoms with Gasteiger partial charge >= 0.3 is 41.5 Å². The first-order valence-corrected chi connectivity index (χ1v) is 3.13. The Morgan fingerprint density at radius 2 is 1.92 bits per heavy atom. The van der Waals surface area contributed by atoms with Crippen molar-refractivity contribution in [2.45, 2.75) is 12.8 Å². The van der Waals surface area contributed by atoms with E-state index in [9.17, 15) is 9.59 Å². The van der Waals surface area contributed by atoms with Crippen molar-refractivity contribution in [1.82, 2.24) is 0 Å². The van der Waals surface area contributed by atoms with Crippen molar-refractivity contribution in [3.05, 3.63) is 12.7 Å². The van der Waals surface area contributed by atoms with Crippen molar-refractivity contribution in [2.75, 3.05) is 0 Å². The van der Waals surface area contributed by atoms with Crippen LogP contribution in [0.15, 0.2) is 12.7 Å². The number of carboxylic acids is 2. The molecule has 64 valence electrons. The minimum absolute atomic E-state index is 0. The van der Waals surface area contributed by atoms with Gasteiger partial charge in [0, 0.05) is 0 Å². The van der Waals surface area contributed by atoms with Crippen molar-refractivity contribution in [3.63, 3.8) is 0 Å². The van der Waals surface area contributed by atoms with Crippen molar-refractivity contribution >= 4 is 41.5 Å². The maximum absolute atomic E-state index is 10.3. The van der Waals surface area contributed by atoms with E-state index in [0.29, 0.717) is 0 Å². The van der Waals surface area contributed by atoms with Gasteiger partial charge in [0.05, 0.1) is 12.3 Å². The topological polar surface area (TPSA) is 74.6 Å². The van der Waals surface area contributed by atoms with Crippen LogP contribution in [0.25, 0.3) is 0 Å². The van der Waals surface area contributed by atoms with Crippen molar-refractivity contribution in [3.8, 4) is 0 Å². The molecule has 0 spiro atoms. The molecule has 0 saturated heterocycles. The number of hydrogen-bond donors (Lipinski definition) is 2. The summed E-state index contributed by atoms with van der Waals surface area (Å²) < 4.78 is 0. The zero-order chi connectivity index (χ0) is 8.85. The van der Waals surface area contributed by atoms with Crippen LogP contribution in [0, 0.1) is 5.92 Å². The van der Waals surface area contributed by atoms with E-state index in [-0.39, 0.29) is 42.4 Å². The summed E-state index contributed by atoms with van der Waals surface area (Å²) in [7, 11) is 0. The number of rotatable bonds is 5. The number of carbonyl (C=O) groups is 2. The predicted molar refractivity (Wildman–Crippen MR) is 45.3 cm³/mol. The molecule has 0 aromatic heterocycles. The summed E-state index contributed by atoms with van der Waals surface area (Å²) in [4.78, 5) is 20.4. The first-order chi connectivity index (χ1) is 5.07. The van der Waals surface area contributed by atoms with E-state index in [1.165, 1.54) is 6.08 Å². The van der Waals surface area contributed by atoms with Crippen LogP contribution in [-0.2, 0) is 9.59 Å². The van der Waals surface area contributed by atoms with E-state index >= 15 is 0 Å².